The molecule has 1 aliphatic rings. The molecule has 0 amide bonds. The standard InChI is InChI=1S/C13H20N2O/c1-3-13(15-8-11(14)9-15)10-4-6-12(16-2)7-5-10/h4-7,11,13H,3,8-9,14H2,1-2H3. The molecule has 0 spiro atoms. The van der Waals surface area contributed by atoms with Gasteiger partial charge in [0, 0.05) is 25.2 Å². The number of rotatable bonds is 4. The minimum atomic E-state index is 0.368. The summed E-state index contributed by atoms with van der Waals surface area (Å²) in [5, 5.41) is 0. The van der Waals surface area contributed by atoms with E-state index in [4.69, 9.17) is 10.5 Å². The van der Waals surface area contributed by atoms with E-state index in [1.165, 1.54) is 5.56 Å². The maximum atomic E-state index is 5.82. The number of nitrogens with zero attached hydrogens (tertiary/aromatic N) is 1. The van der Waals surface area contributed by atoms with Crippen molar-refractivity contribution in [2.45, 2.75) is 25.4 Å². The number of nitrogens with two attached hydrogens (primary N) is 1. The summed E-state index contributed by atoms with van der Waals surface area (Å²) in [6.45, 7) is 4.26. The van der Waals surface area contributed by atoms with Crippen molar-refractivity contribution in [3.63, 3.8) is 0 Å². The molecule has 1 aromatic rings. The molecule has 1 heterocycles. The highest BCUT2D eigenvalue weighted by Gasteiger charge is 2.29. The summed E-state index contributed by atoms with van der Waals surface area (Å²) in [7, 11) is 1.70. The highest BCUT2D eigenvalue weighted by atomic mass is 16.5. The Hall–Kier alpha value is -1.06. The second kappa shape index (κ2) is 4.85. The molecule has 3 nitrogen and oxygen atoms in total. The Kier molecular flexibility index (Phi) is 3.46. The number of likely N-dealkylation sites (tertiary alicyclic amines) is 1. The van der Waals surface area contributed by atoms with Crippen LogP contribution in [0.25, 0.3) is 0 Å². The van der Waals surface area contributed by atoms with Crippen molar-refractivity contribution < 1.29 is 4.74 Å². The molecule has 1 atom stereocenters. The lowest BCUT2D eigenvalue weighted by Gasteiger charge is -2.42. The van der Waals surface area contributed by atoms with Crippen LogP contribution in [0.1, 0.15) is 24.9 Å². The van der Waals surface area contributed by atoms with Gasteiger partial charge >= 0.3 is 0 Å². The molecule has 0 aliphatic carbocycles. The van der Waals surface area contributed by atoms with Crippen LogP contribution >= 0.6 is 0 Å². The number of benzene rings is 1. The molecule has 1 saturated heterocycles. The van der Waals surface area contributed by atoms with E-state index in [1.54, 1.807) is 7.11 Å². The van der Waals surface area contributed by atoms with E-state index in [0.29, 0.717) is 12.1 Å². The lowest BCUT2D eigenvalue weighted by molar-refractivity contribution is 0.0910. The lowest BCUT2D eigenvalue weighted by atomic mass is 9.97. The van der Waals surface area contributed by atoms with E-state index in [2.05, 4.69) is 24.0 Å². The molecular weight excluding hydrogens is 200 g/mol. The van der Waals surface area contributed by atoms with Crippen molar-refractivity contribution in [1.29, 1.82) is 0 Å². The highest BCUT2D eigenvalue weighted by molar-refractivity contribution is 5.29. The van der Waals surface area contributed by atoms with E-state index in [9.17, 15) is 0 Å². The molecule has 3 heteroatoms. The van der Waals surface area contributed by atoms with Gasteiger partial charge in [-0.25, -0.2) is 0 Å². The first-order valence-electron chi connectivity index (χ1n) is 5.88. The third-order valence-electron chi connectivity index (χ3n) is 3.27. The Morgan fingerprint density at radius 1 is 1.38 bits per heavy atom. The highest BCUT2D eigenvalue weighted by Crippen LogP contribution is 2.29. The molecule has 1 fully saturated rings. The topological polar surface area (TPSA) is 38.5 Å². The zero-order valence-corrected chi connectivity index (χ0v) is 10.0. The van der Waals surface area contributed by atoms with Crippen LogP contribution in [0, 0.1) is 0 Å². The van der Waals surface area contributed by atoms with Gasteiger partial charge in [-0.05, 0) is 24.1 Å². The van der Waals surface area contributed by atoms with Crippen molar-refractivity contribution in [3.05, 3.63) is 29.8 Å². The van der Waals surface area contributed by atoms with Gasteiger partial charge in [-0.15, -0.1) is 0 Å². The summed E-state index contributed by atoms with van der Waals surface area (Å²) in [4.78, 5) is 2.44. The number of hydrogen-bond donors (Lipinski definition) is 1. The molecule has 16 heavy (non-hydrogen) atoms. The van der Waals surface area contributed by atoms with Gasteiger partial charge in [0.05, 0.1) is 7.11 Å². The predicted molar refractivity (Wildman–Crippen MR) is 65.6 cm³/mol. The molecule has 1 aliphatic heterocycles. The van der Waals surface area contributed by atoms with Crippen LogP contribution in [0.5, 0.6) is 5.75 Å². The van der Waals surface area contributed by atoms with Gasteiger partial charge in [0.2, 0.25) is 0 Å². The molecule has 0 aromatic heterocycles. The van der Waals surface area contributed by atoms with E-state index in [0.717, 1.165) is 25.3 Å². The van der Waals surface area contributed by atoms with Gasteiger partial charge in [0.15, 0.2) is 0 Å². The summed E-state index contributed by atoms with van der Waals surface area (Å²) >= 11 is 0. The zero-order chi connectivity index (χ0) is 11.5. The lowest BCUT2D eigenvalue weighted by Crippen LogP contribution is -2.56. The number of ether oxygens (including phenoxy) is 1. The van der Waals surface area contributed by atoms with Gasteiger partial charge in [-0.2, -0.15) is 0 Å². The van der Waals surface area contributed by atoms with Gasteiger partial charge in [0.1, 0.15) is 5.75 Å². The first kappa shape index (κ1) is 11.4. The average molecular weight is 220 g/mol. The third-order valence-corrected chi connectivity index (χ3v) is 3.27. The zero-order valence-electron chi connectivity index (χ0n) is 10.0. The van der Waals surface area contributed by atoms with Gasteiger partial charge < -0.3 is 10.5 Å². The van der Waals surface area contributed by atoms with E-state index in [-0.39, 0.29) is 0 Å². The fraction of sp³-hybridized carbons (Fsp3) is 0.538. The molecule has 2 N–H and O–H groups in total. The first-order chi connectivity index (χ1) is 7.74. The fourth-order valence-corrected chi connectivity index (χ4v) is 2.33. The smallest absolute Gasteiger partial charge is 0.118 e. The summed E-state index contributed by atoms with van der Waals surface area (Å²) < 4.78 is 5.17. The Bertz CT molecular complexity index is 330. The molecule has 0 saturated carbocycles. The van der Waals surface area contributed by atoms with Gasteiger partial charge in [-0.3, -0.25) is 4.90 Å². The van der Waals surface area contributed by atoms with Crippen molar-refractivity contribution in [2.75, 3.05) is 20.2 Å². The second-order valence-corrected chi connectivity index (χ2v) is 4.41. The number of hydrogen-bond acceptors (Lipinski definition) is 3. The van der Waals surface area contributed by atoms with Gasteiger partial charge in [0.25, 0.3) is 0 Å². The Labute approximate surface area is 97.2 Å². The SMILES string of the molecule is CCC(c1ccc(OC)cc1)N1CC(N)C1. The maximum Gasteiger partial charge on any atom is 0.118 e. The Balaban J connectivity index is 2.07. The monoisotopic (exact) mass is 220 g/mol. The predicted octanol–water partition coefficient (Wildman–Crippen LogP) is 1.79. The largest absolute Gasteiger partial charge is 0.497 e. The summed E-state index contributed by atoms with van der Waals surface area (Å²) in [6, 6.07) is 9.22. The maximum absolute atomic E-state index is 5.82. The fourth-order valence-electron chi connectivity index (χ4n) is 2.33. The number of methoxy groups -OCH3 is 1. The van der Waals surface area contributed by atoms with Crippen molar-refractivity contribution in [2.24, 2.45) is 5.73 Å². The van der Waals surface area contributed by atoms with Crippen LogP contribution in [0.3, 0.4) is 0 Å². The molecule has 88 valence electrons. The minimum Gasteiger partial charge on any atom is -0.497 e. The average Bonchev–Trinajstić information content (AvgIpc) is 2.28. The van der Waals surface area contributed by atoms with Gasteiger partial charge in [-0.1, -0.05) is 19.1 Å². The van der Waals surface area contributed by atoms with Crippen LogP contribution in [0.2, 0.25) is 0 Å². The Morgan fingerprint density at radius 3 is 2.44 bits per heavy atom. The van der Waals surface area contributed by atoms with Crippen LogP contribution in [-0.4, -0.2) is 31.1 Å². The quantitative estimate of drug-likeness (QED) is 0.840. The van der Waals surface area contributed by atoms with Crippen LogP contribution in [-0.2, 0) is 0 Å². The summed E-state index contributed by atoms with van der Waals surface area (Å²) in [5.74, 6) is 0.916. The van der Waals surface area contributed by atoms with Crippen molar-refractivity contribution >= 4 is 0 Å². The normalized spacial score (nSPS) is 19.2. The molecule has 1 aromatic carbocycles. The molecule has 2 rings (SSSR count). The third kappa shape index (κ3) is 2.20. The van der Waals surface area contributed by atoms with Crippen LogP contribution < -0.4 is 10.5 Å². The van der Waals surface area contributed by atoms with E-state index >= 15 is 0 Å². The Morgan fingerprint density at radius 2 is 2.00 bits per heavy atom. The van der Waals surface area contributed by atoms with Crippen molar-refractivity contribution in [1.82, 2.24) is 4.90 Å². The van der Waals surface area contributed by atoms with Crippen molar-refractivity contribution in [3.8, 4) is 5.75 Å². The molecule has 0 radical (unpaired) electrons. The molecular formula is C13H20N2O. The summed E-state index contributed by atoms with van der Waals surface area (Å²) in [6.07, 6.45) is 1.12. The van der Waals surface area contributed by atoms with E-state index in [1.807, 2.05) is 12.1 Å². The minimum absolute atomic E-state index is 0.368. The van der Waals surface area contributed by atoms with Crippen LogP contribution in [0.4, 0.5) is 0 Å². The van der Waals surface area contributed by atoms with Crippen LogP contribution in [0.15, 0.2) is 24.3 Å². The first-order valence-corrected chi connectivity index (χ1v) is 5.88. The van der Waals surface area contributed by atoms with E-state index < -0.39 is 0 Å². The molecule has 0 bridgehead atoms. The summed E-state index contributed by atoms with van der Waals surface area (Å²) in [5.41, 5.74) is 7.18. The molecule has 1 unspecified atom stereocenters. The second-order valence-electron chi connectivity index (χ2n) is 4.41.